The molecule has 24 heavy (non-hydrogen) atoms. The topological polar surface area (TPSA) is 70.6 Å². The normalized spacial score (nSPS) is 11.8. The molecule has 0 aromatic heterocycles. The Morgan fingerprint density at radius 3 is 2.71 bits per heavy atom. The van der Waals surface area contributed by atoms with Crippen LogP contribution in [0.4, 0.5) is 10.5 Å². The Balaban J connectivity index is 2.10. The number of phenols is 1. The highest BCUT2D eigenvalue weighted by molar-refractivity contribution is 8.11. The van der Waals surface area contributed by atoms with Gasteiger partial charge in [-0.2, -0.15) is 0 Å². The largest absolute Gasteiger partial charge is 0.508 e. The van der Waals surface area contributed by atoms with E-state index in [-0.39, 0.29) is 11.8 Å². The number of nitrogens with one attached hydrogen (secondary N) is 2. The van der Waals surface area contributed by atoms with Crippen LogP contribution in [0.15, 0.2) is 53.4 Å². The first-order valence-electron chi connectivity index (χ1n) is 7.33. The summed E-state index contributed by atoms with van der Waals surface area (Å²) in [4.78, 5) is 12.6. The molecule has 0 spiro atoms. The smallest absolute Gasteiger partial charge is 0.319 e. The highest BCUT2D eigenvalue weighted by Crippen LogP contribution is 2.32. The molecule has 0 aliphatic rings. The third-order valence-electron chi connectivity index (χ3n) is 2.94. The van der Waals surface area contributed by atoms with Gasteiger partial charge in [-0.1, -0.05) is 6.07 Å². The van der Waals surface area contributed by atoms with Crippen LogP contribution < -0.4 is 14.8 Å². The van der Waals surface area contributed by atoms with Crippen LogP contribution >= 0.6 is 22.4 Å². The number of aromatic hydroxyl groups is 1. The fourth-order valence-corrected chi connectivity index (χ4v) is 3.21. The van der Waals surface area contributed by atoms with Crippen LogP contribution in [-0.2, 0) is 0 Å². The van der Waals surface area contributed by atoms with Crippen molar-refractivity contribution in [1.29, 1.82) is 0 Å². The van der Waals surface area contributed by atoms with Crippen LogP contribution in [0.5, 0.6) is 11.5 Å². The molecule has 0 saturated heterocycles. The number of halogens is 1. The van der Waals surface area contributed by atoms with Crippen LogP contribution in [0.25, 0.3) is 0 Å². The molecule has 1 unspecified atom stereocenters. The molecule has 0 fully saturated rings. The Morgan fingerprint density at radius 1 is 1.29 bits per heavy atom. The van der Waals surface area contributed by atoms with Crippen molar-refractivity contribution in [3.05, 3.63) is 48.5 Å². The minimum atomic E-state index is -0.582. The molecule has 0 aliphatic carbocycles. The molecular formula is C17H19ClN2O3S. The Bertz CT molecular complexity index is 720. The van der Waals surface area contributed by atoms with E-state index < -0.39 is 10.8 Å². The summed E-state index contributed by atoms with van der Waals surface area (Å²) in [6.45, 7) is 2.32. The zero-order valence-electron chi connectivity index (χ0n) is 13.2. The summed E-state index contributed by atoms with van der Waals surface area (Å²) >= 11 is 5.54. The predicted molar refractivity (Wildman–Crippen MR) is 101 cm³/mol. The van der Waals surface area contributed by atoms with E-state index in [1.807, 2.05) is 36.6 Å². The van der Waals surface area contributed by atoms with E-state index in [0.717, 1.165) is 4.90 Å². The van der Waals surface area contributed by atoms with E-state index in [4.69, 9.17) is 15.8 Å². The van der Waals surface area contributed by atoms with E-state index in [2.05, 4.69) is 10.6 Å². The average Bonchev–Trinajstić information content (AvgIpc) is 2.59. The lowest BCUT2D eigenvalue weighted by molar-refractivity contribution is 0.252. The maximum Gasteiger partial charge on any atom is 0.319 e. The highest BCUT2D eigenvalue weighted by Gasteiger charge is 2.06. The molecule has 0 heterocycles. The number of benzene rings is 2. The first-order valence-corrected chi connectivity index (χ1v) is 9.08. The lowest BCUT2D eigenvalue weighted by Gasteiger charge is -2.13. The van der Waals surface area contributed by atoms with E-state index in [1.165, 1.54) is 0 Å². The van der Waals surface area contributed by atoms with Crippen LogP contribution in [0, 0.1) is 0 Å². The van der Waals surface area contributed by atoms with Gasteiger partial charge in [0.2, 0.25) is 0 Å². The molecule has 5 nitrogen and oxygen atoms in total. The second kappa shape index (κ2) is 9.20. The zero-order chi connectivity index (χ0) is 17.4. The van der Waals surface area contributed by atoms with E-state index in [9.17, 15) is 9.90 Å². The third kappa shape index (κ3) is 5.47. The second-order valence-corrected chi connectivity index (χ2v) is 6.79. The third-order valence-corrected chi connectivity index (χ3v) is 4.65. The maximum absolute atomic E-state index is 11.7. The summed E-state index contributed by atoms with van der Waals surface area (Å²) in [5, 5.41) is 16.7. The standard InChI is InChI=1S/C17H19ClN2O3S/c1-2-24(23-15-8-6-14(21)7-9-15)16-5-3-4-13(12-16)20-17(22)19-11-10-18/h2-9,12,21H,10-11H2,1H3,(H2,19,20,22). The molecule has 2 amide bonds. The Morgan fingerprint density at radius 2 is 2.04 bits per heavy atom. The molecular weight excluding hydrogens is 348 g/mol. The van der Waals surface area contributed by atoms with Crippen molar-refractivity contribution in [3.63, 3.8) is 0 Å². The van der Waals surface area contributed by atoms with Crippen LogP contribution in [0.1, 0.15) is 6.92 Å². The molecule has 128 valence electrons. The van der Waals surface area contributed by atoms with Crippen molar-refractivity contribution in [2.75, 3.05) is 17.7 Å². The number of carbonyl (C=O) groups excluding carboxylic acids is 1. The molecule has 0 bridgehead atoms. The number of anilines is 1. The SMILES string of the molecule is C/C=S(/Oc1ccc(O)cc1)c1cccc(NC(=O)NCCCl)c1. The first kappa shape index (κ1) is 18.2. The number of hydrogen-bond acceptors (Lipinski definition) is 3. The summed E-state index contributed by atoms with van der Waals surface area (Å²) in [6, 6.07) is 13.7. The molecule has 2 rings (SSSR count). The molecule has 0 saturated carbocycles. The summed E-state index contributed by atoms with van der Waals surface area (Å²) in [5.41, 5.74) is 0.674. The number of carbonyl (C=O) groups is 1. The van der Waals surface area contributed by atoms with Crippen molar-refractivity contribution in [2.24, 2.45) is 0 Å². The van der Waals surface area contributed by atoms with Crippen molar-refractivity contribution < 1.29 is 14.1 Å². The van der Waals surface area contributed by atoms with E-state index in [0.29, 0.717) is 23.9 Å². The Labute approximate surface area is 148 Å². The van der Waals surface area contributed by atoms with Crippen molar-refractivity contribution in [1.82, 2.24) is 5.32 Å². The number of alkyl halides is 1. The summed E-state index contributed by atoms with van der Waals surface area (Å²) < 4.78 is 5.94. The van der Waals surface area contributed by atoms with E-state index >= 15 is 0 Å². The van der Waals surface area contributed by atoms with Gasteiger partial charge in [0.15, 0.2) is 0 Å². The monoisotopic (exact) mass is 366 g/mol. The number of rotatable bonds is 6. The fourth-order valence-electron chi connectivity index (χ4n) is 1.87. The number of hydrogen-bond donors (Lipinski definition) is 3. The average molecular weight is 367 g/mol. The van der Waals surface area contributed by atoms with Gasteiger partial charge in [-0.05, 0) is 54.8 Å². The van der Waals surface area contributed by atoms with Gasteiger partial charge in [0.25, 0.3) is 0 Å². The van der Waals surface area contributed by atoms with Gasteiger partial charge in [0, 0.05) is 33.8 Å². The van der Waals surface area contributed by atoms with Gasteiger partial charge in [-0.25, -0.2) is 4.79 Å². The molecule has 0 aliphatic heterocycles. The lowest BCUT2D eigenvalue weighted by atomic mass is 10.3. The van der Waals surface area contributed by atoms with E-state index in [1.54, 1.807) is 24.3 Å². The quantitative estimate of drug-likeness (QED) is 0.530. The van der Waals surface area contributed by atoms with Crippen molar-refractivity contribution in [2.45, 2.75) is 11.8 Å². The van der Waals surface area contributed by atoms with Crippen molar-refractivity contribution in [3.8, 4) is 11.5 Å². The molecule has 7 heteroatoms. The van der Waals surface area contributed by atoms with Gasteiger partial charge in [0.05, 0.1) is 0 Å². The van der Waals surface area contributed by atoms with Gasteiger partial charge >= 0.3 is 6.03 Å². The maximum atomic E-state index is 11.7. The van der Waals surface area contributed by atoms with Gasteiger partial charge < -0.3 is 19.9 Å². The molecule has 1 atom stereocenters. The molecule has 0 radical (unpaired) electrons. The minimum Gasteiger partial charge on any atom is -0.508 e. The van der Waals surface area contributed by atoms with Gasteiger partial charge in [-0.3, -0.25) is 0 Å². The summed E-state index contributed by atoms with van der Waals surface area (Å²) in [5.74, 6) is 1.21. The Hall–Kier alpha value is -2.18. The highest BCUT2D eigenvalue weighted by atomic mass is 35.5. The molecule has 2 aromatic rings. The predicted octanol–water partition coefficient (Wildman–Crippen LogP) is 4.20. The van der Waals surface area contributed by atoms with Crippen LogP contribution in [-0.4, -0.2) is 28.9 Å². The minimum absolute atomic E-state index is 0.192. The van der Waals surface area contributed by atoms with Crippen LogP contribution in [0.2, 0.25) is 0 Å². The van der Waals surface area contributed by atoms with Crippen LogP contribution in [0.3, 0.4) is 0 Å². The Kier molecular flexibility index (Phi) is 6.96. The first-order chi connectivity index (χ1) is 11.6. The van der Waals surface area contributed by atoms with Gasteiger partial charge in [0.1, 0.15) is 11.5 Å². The number of urea groups is 1. The second-order valence-electron chi connectivity index (χ2n) is 4.71. The number of phenolic OH excluding ortho intramolecular Hbond substituents is 1. The fraction of sp³-hybridized carbons (Fsp3) is 0.176. The molecule has 2 aromatic carbocycles. The lowest BCUT2D eigenvalue weighted by Crippen LogP contribution is -2.30. The summed E-state index contributed by atoms with van der Waals surface area (Å²) in [6.07, 6.45) is 0. The zero-order valence-corrected chi connectivity index (χ0v) is 14.7. The van der Waals surface area contributed by atoms with Gasteiger partial charge in [-0.15, -0.1) is 11.6 Å². The van der Waals surface area contributed by atoms with Crippen molar-refractivity contribution >= 4 is 39.5 Å². The molecule has 3 N–H and O–H groups in total. The summed E-state index contributed by atoms with van der Waals surface area (Å²) in [7, 11) is -0.582. The number of amides is 2.